The molecule has 2 heterocycles. The lowest BCUT2D eigenvalue weighted by atomic mass is 10.1. The number of carbonyl (C=O) groups is 1. The van der Waals surface area contributed by atoms with Crippen LogP contribution >= 0.6 is 12.4 Å². The SMILES string of the molecule is CCn1cc(C(=O)O)c(=O)c2cc(F)c(N3CCN(Cc4cccc(COC)c4)CC3)cc21.Cl. The van der Waals surface area contributed by atoms with E-state index in [2.05, 4.69) is 17.0 Å². The molecule has 0 aliphatic carbocycles. The average Bonchev–Trinajstić information content (AvgIpc) is 2.80. The Labute approximate surface area is 203 Å². The van der Waals surface area contributed by atoms with Gasteiger partial charge in [0.25, 0.3) is 0 Å². The largest absolute Gasteiger partial charge is 0.477 e. The maximum atomic E-state index is 15.1. The Kier molecular flexibility index (Phi) is 8.30. The van der Waals surface area contributed by atoms with Gasteiger partial charge in [-0.3, -0.25) is 9.69 Å². The van der Waals surface area contributed by atoms with E-state index >= 15 is 4.39 Å². The molecule has 0 radical (unpaired) electrons. The highest BCUT2D eigenvalue weighted by Gasteiger charge is 2.22. The van der Waals surface area contributed by atoms with Crippen LogP contribution in [0.4, 0.5) is 10.1 Å². The minimum absolute atomic E-state index is 0. The average molecular weight is 490 g/mol. The smallest absolute Gasteiger partial charge is 0.341 e. The van der Waals surface area contributed by atoms with Gasteiger partial charge in [0, 0.05) is 58.0 Å². The lowest BCUT2D eigenvalue weighted by Crippen LogP contribution is -2.46. The summed E-state index contributed by atoms with van der Waals surface area (Å²) < 4.78 is 22.0. The minimum Gasteiger partial charge on any atom is -0.477 e. The number of piperazine rings is 1. The normalized spacial score (nSPS) is 14.3. The quantitative estimate of drug-likeness (QED) is 0.545. The number of rotatable bonds is 7. The van der Waals surface area contributed by atoms with Crippen molar-refractivity contribution in [3.63, 3.8) is 0 Å². The summed E-state index contributed by atoms with van der Waals surface area (Å²) in [5.74, 6) is -1.82. The number of aryl methyl sites for hydroxylation is 1. The highest BCUT2D eigenvalue weighted by molar-refractivity contribution is 5.93. The number of benzene rings is 2. The summed E-state index contributed by atoms with van der Waals surface area (Å²) in [6.45, 7) is 6.61. The van der Waals surface area contributed by atoms with Crippen LogP contribution in [0.15, 0.2) is 47.4 Å². The van der Waals surface area contributed by atoms with Crippen molar-refractivity contribution in [3.05, 3.63) is 75.3 Å². The molecule has 0 atom stereocenters. The number of anilines is 1. The molecule has 0 unspecified atom stereocenters. The van der Waals surface area contributed by atoms with E-state index in [9.17, 15) is 14.7 Å². The molecule has 34 heavy (non-hydrogen) atoms. The molecule has 4 rings (SSSR count). The molecule has 0 spiro atoms. The Hall–Kier alpha value is -2.94. The van der Waals surface area contributed by atoms with Crippen molar-refractivity contribution in [1.82, 2.24) is 9.47 Å². The molecule has 1 aliphatic rings. The summed E-state index contributed by atoms with van der Waals surface area (Å²) in [5, 5.41) is 9.41. The molecular formula is C25H29ClFN3O4. The highest BCUT2D eigenvalue weighted by atomic mass is 35.5. The van der Waals surface area contributed by atoms with Gasteiger partial charge in [-0.1, -0.05) is 24.3 Å². The van der Waals surface area contributed by atoms with Crippen molar-refractivity contribution in [2.75, 3.05) is 38.2 Å². The highest BCUT2D eigenvalue weighted by Crippen LogP contribution is 2.26. The monoisotopic (exact) mass is 489 g/mol. The van der Waals surface area contributed by atoms with Gasteiger partial charge in [0.2, 0.25) is 5.43 Å². The van der Waals surface area contributed by atoms with Gasteiger partial charge in [-0.05, 0) is 30.2 Å². The van der Waals surface area contributed by atoms with E-state index in [4.69, 9.17) is 4.74 Å². The molecule has 3 aromatic rings. The number of pyridine rings is 1. The van der Waals surface area contributed by atoms with Crippen molar-refractivity contribution >= 4 is 35.0 Å². The summed E-state index contributed by atoms with van der Waals surface area (Å²) in [6.07, 6.45) is 1.34. The van der Waals surface area contributed by atoms with Crippen LogP contribution in [0, 0.1) is 5.82 Å². The fourth-order valence-corrected chi connectivity index (χ4v) is 4.45. The fourth-order valence-electron chi connectivity index (χ4n) is 4.45. The second-order valence-corrected chi connectivity index (χ2v) is 8.30. The maximum Gasteiger partial charge on any atom is 0.341 e. The van der Waals surface area contributed by atoms with E-state index < -0.39 is 17.2 Å². The van der Waals surface area contributed by atoms with Gasteiger partial charge in [0.05, 0.1) is 17.8 Å². The second kappa shape index (κ2) is 11.0. The minimum atomic E-state index is -1.31. The third kappa shape index (κ3) is 5.24. The lowest BCUT2D eigenvalue weighted by Gasteiger charge is -2.36. The number of carboxylic acid groups (broad SMARTS) is 1. The van der Waals surface area contributed by atoms with E-state index in [1.807, 2.05) is 24.0 Å². The van der Waals surface area contributed by atoms with E-state index in [1.54, 1.807) is 17.7 Å². The number of nitrogens with zero attached hydrogens (tertiary/aromatic N) is 3. The topological polar surface area (TPSA) is 75.0 Å². The van der Waals surface area contributed by atoms with E-state index in [0.717, 1.165) is 25.2 Å². The summed E-state index contributed by atoms with van der Waals surface area (Å²) in [7, 11) is 1.68. The molecule has 1 fully saturated rings. The fraction of sp³-hybridized carbons (Fsp3) is 0.360. The Morgan fingerprint density at radius 3 is 2.47 bits per heavy atom. The van der Waals surface area contributed by atoms with Crippen LogP contribution in [0.3, 0.4) is 0 Å². The van der Waals surface area contributed by atoms with E-state index in [0.29, 0.717) is 37.4 Å². The summed E-state index contributed by atoms with van der Waals surface area (Å²) in [6, 6.07) is 11.2. The standard InChI is InChI=1S/C25H28FN3O4.ClH/c1-3-28-15-20(25(31)32)24(30)19-12-21(26)23(13-22(19)28)29-9-7-27(8-10-29)14-17-5-4-6-18(11-17)16-33-2;/h4-6,11-13,15H,3,7-10,14,16H2,1-2H3,(H,31,32);1H. The van der Waals surface area contributed by atoms with Crippen LogP contribution in [0.25, 0.3) is 10.9 Å². The molecule has 0 bridgehead atoms. The predicted octanol–water partition coefficient (Wildman–Crippen LogP) is 3.75. The molecular weight excluding hydrogens is 461 g/mol. The molecule has 7 nitrogen and oxygen atoms in total. The Balaban J connectivity index is 0.00000324. The Bertz CT molecular complexity index is 1240. The first-order valence-corrected chi connectivity index (χ1v) is 11.0. The Morgan fingerprint density at radius 1 is 1.12 bits per heavy atom. The molecule has 1 N–H and O–H groups in total. The lowest BCUT2D eigenvalue weighted by molar-refractivity contribution is 0.0695. The Morgan fingerprint density at radius 2 is 1.82 bits per heavy atom. The number of ether oxygens (including phenoxy) is 1. The zero-order valence-electron chi connectivity index (χ0n) is 19.3. The summed E-state index contributed by atoms with van der Waals surface area (Å²) >= 11 is 0. The van der Waals surface area contributed by atoms with Gasteiger partial charge >= 0.3 is 5.97 Å². The van der Waals surface area contributed by atoms with Crippen molar-refractivity contribution in [1.29, 1.82) is 0 Å². The van der Waals surface area contributed by atoms with E-state index in [1.165, 1.54) is 17.8 Å². The van der Waals surface area contributed by atoms with Crippen molar-refractivity contribution < 1.29 is 19.0 Å². The van der Waals surface area contributed by atoms with Crippen LogP contribution in [-0.4, -0.2) is 53.8 Å². The van der Waals surface area contributed by atoms with Crippen molar-refractivity contribution in [2.24, 2.45) is 0 Å². The second-order valence-electron chi connectivity index (χ2n) is 8.30. The van der Waals surface area contributed by atoms with E-state index in [-0.39, 0.29) is 23.4 Å². The van der Waals surface area contributed by atoms with Gasteiger partial charge in [-0.2, -0.15) is 0 Å². The molecule has 1 aromatic heterocycles. The van der Waals surface area contributed by atoms with Gasteiger partial charge in [0.1, 0.15) is 11.4 Å². The van der Waals surface area contributed by atoms with Crippen LogP contribution < -0.4 is 10.3 Å². The van der Waals surface area contributed by atoms with Gasteiger partial charge in [-0.25, -0.2) is 9.18 Å². The first-order valence-electron chi connectivity index (χ1n) is 11.0. The van der Waals surface area contributed by atoms with Gasteiger partial charge in [-0.15, -0.1) is 12.4 Å². The van der Waals surface area contributed by atoms with Crippen LogP contribution in [-0.2, 0) is 24.4 Å². The number of hydrogen-bond donors (Lipinski definition) is 1. The number of hydrogen-bond acceptors (Lipinski definition) is 5. The zero-order valence-corrected chi connectivity index (χ0v) is 20.1. The third-order valence-electron chi connectivity index (χ3n) is 6.14. The first kappa shape index (κ1) is 25.7. The van der Waals surface area contributed by atoms with Crippen molar-refractivity contribution in [3.8, 4) is 0 Å². The molecule has 182 valence electrons. The van der Waals surface area contributed by atoms with Crippen LogP contribution in [0.1, 0.15) is 28.4 Å². The number of aromatic carboxylic acids is 1. The molecule has 9 heteroatoms. The number of fused-ring (bicyclic) bond motifs is 1. The summed E-state index contributed by atoms with van der Waals surface area (Å²) in [4.78, 5) is 28.3. The molecule has 1 aliphatic heterocycles. The number of aromatic nitrogens is 1. The number of halogens is 2. The van der Waals surface area contributed by atoms with Crippen LogP contribution in [0.2, 0.25) is 0 Å². The zero-order chi connectivity index (χ0) is 23.5. The predicted molar refractivity (Wildman–Crippen MR) is 133 cm³/mol. The molecule has 0 saturated carbocycles. The number of carboxylic acids is 1. The van der Waals surface area contributed by atoms with Crippen LogP contribution in [0.5, 0.6) is 0 Å². The molecule has 1 saturated heterocycles. The molecule has 0 amide bonds. The van der Waals surface area contributed by atoms with Gasteiger partial charge in [0.15, 0.2) is 0 Å². The van der Waals surface area contributed by atoms with Gasteiger partial charge < -0.3 is 19.3 Å². The summed E-state index contributed by atoms with van der Waals surface area (Å²) in [5.41, 5.74) is 2.33. The maximum absolute atomic E-state index is 15.1. The third-order valence-corrected chi connectivity index (χ3v) is 6.14. The number of methoxy groups -OCH3 is 1. The molecule has 2 aromatic carbocycles. The first-order chi connectivity index (χ1) is 15.9. The van der Waals surface area contributed by atoms with Crippen molar-refractivity contribution in [2.45, 2.75) is 26.6 Å².